The van der Waals surface area contributed by atoms with Crippen LogP contribution in [0.1, 0.15) is 6.92 Å². The number of likely N-dealkylation sites (N-methyl/N-ethyl adjacent to an activating group) is 1. The van der Waals surface area contributed by atoms with E-state index in [0.29, 0.717) is 12.2 Å². The normalized spacial score (nSPS) is 13.7. The minimum Gasteiger partial charge on any atom is -0.329 e. The third-order valence-corrected chi connectivity index (χ3v) is 2.83. The Labute approximate surface area is 86.0 Å². The molecule has 1 unspecified atom stereocenters. The smallest absolute Gasteiger partial charge is 0.260 e. The lowest BCUT2D eigenvalue weighted by Crippen LogP contribution is -2.37. The Bertz CT molecular complexity index is 255. The molecule has 0 aromatic heterocycles. The van der Waals surface area contributed by atoms with Crippen LogP contribution in [0.4, 0.5) is 0 Å². The molecular weight excluding hydrogens is 201 g/mol. The minimum absolute atomic E-state index is 0.291. The van der Waals surface area contributed by atoms with Crippen molar-refractivity contribution >= 4 is 13.6 Å². The van der Waals surface area contributed by atoms with Crippen LogP contribution in [0.5, 0.6) is 0 Å². The van der Waals surface area contributed by atoms with Crippen LogP contribution in [0.3, 0.4) is 0 Å². The van der Waals surface area contributed by atoms with Crippen LogP contribution in [-0.4, -0.2) is 44.3 Å². The summed E-state index contributed by atoms with van der Waals surface area (Å²) in [7, 11) is 3.42. The molecule has 4 nitrogen and oxygen atoms in total. The van der Waals surface area contributed by atoms with E-state index < -0.39 is 13.6 Å². The topological polar surface area (TPSA) is 43.4 Å². The first kappa shape index (κ1) is 13.6. The molecule has 5 heteroatoms. The van der Waals surface area contributed by atoms with E-state index in [1.807, 2.05) is 21.1 Å². The van der Waals surface area contributed by atoms with E-state index in [1.165, 1.54) is 6.92 Å². The van der Waals surface area contributed by atoms with E-state index in [-0.39, 0.29) is 0 Å². The van der Waals surface area contributed by atoms with Gasteiger partial charge in [-0.05, 0) is 12.5 Å². The van der Waals surface area contributed by atoms with Crippen molar-refractivity contribution in [1.29, 1.82) is 0 Å². The molecule has 0 saturated heterocycles. The van der Waals surface area contributed by atoms with Crippen LogP contribution < -0.4 is 0 Å². The lowest BCUT2D eigenvalue weighted by Gasteiger charge is -2.23. The second-order valence-electron chi connectivity index (χ2n) is 4.26. The third-order valence-electron chi connectivity index (χ3n) is 1.57. The summed E-state index contributed by atoms with van der Waals surface area (Å²) in [6.45, 7) is 6.02. The highest BCUT2D eigenvalue weighted by Crippen LogP contribution is 2.26. The van der Waals surface area contributed by atoms with E-state index in [1.54, 1.807) is 0 Å². The minimum atomic E-state index is -2.59. The number of rotatable bonds is 6. The average Bonchev–Trinajstić information content (AvgIpc) is 2.00. The molecule has 0 radical (unpaired) electrons. The Morgan fingerprint density at radius 3 is 2.29 bits per heavy atom. The average molecular weight is 220 g/mol. The van der Waals surface area contributed by atoms with E-state index >= 15 is 0 Å². The molecule has 0 saturated carbocycles. The van der Waals surface area contributed by atoms with Crippen LogP contribution in [-0.2, 0) is 13.9 Å². The highest BCUT2D eigenvalue weighted by Gasteiger charge is 2.14. The summed E-state index contributed by atoms with van der Waals surface area (Å²) in [5, 5.41) is 0. The molecule has 0 aliphatic rings. The second-order valence-corrected chi connectivity index (χ2v) is 5.58. The maximum atomic E-state index is 11.2. The zero-order chi connectivity index (χ0) is 11.4. The van der Waals surface area contributed by atoms with Crippen molar-refractivity contribution < 1.29 is 18.4 Å². The van der Waals surface area contributed by atoms with Crippen molar-refractivity contribution in [3.8, 4) is 0 Å². The fraction of sp³-hybridized carbons (Fsp3) is 0.667. The molecule has 0 N–H and O–H groups in total. The molecule has 0 fully saturated rings. The highest BCUT2D eigenvalue weighted by atomic mass is 31.1. The van der Waals surface area contributed by atoms with Gasteiger partial charge in [0.05, 0.1) is 21.1 Å². The molecule has 0 aromatic rings. The number of carbonyl (C=O) groups is 1. The van der Waals surface area contributed by atoms with Gasteiger partial charge in [-0.15, -0.1) is 0 Å². The fourth-order valence-corrected chi connectivity index (χ4v) is 1.41. The van der Waals surface area contributed by atoms with Crippen molar-refractivity contribution in [2.24, 2.45) is 0 Å². The van der Waals surface area contributed by atoms with Gasteiger partial charge in [0.15, 0.2) is 0 Å². The van der Waals surface area contributed by atoms with Gasteiger partial charge in [-0.2, -0.15) is 0 Å². The number of quaternary nitrogens is 1. The molecule has 1 atom stereocenters. The van der Waals surface area contributed by atoms with Gasteiger partial charge in [-0.3, -0.25) is 9.36 Å². The lowest BCUT2D eigenvalue weighted by molar-refractivity contribution is -0.870. The molecule has 0 aliphatic heterocycles. The summed E-state index contributed by atoms with van der Waals surface area (Å²) in [6, 6.07) is 0. The van der Waals surface area contributed by atoms with Crippen molar-refractivity contribution in [2.75, 3.05) is 34.3 Å². The predicted octanol–water partition coefficient (Wildman–Crippen LogP) is 1.29. The molecule has 82 valence electrons. The Balaban J connectivity index is 3.87. The Hall–Kier alpha value is -0.440. The summed E-state index contributed by atoms with van der Waals surface area (Å²) in [4.78, 5) is 11.1. The molecule has 0 aromatic carbocycles. The molecule has 14 heavy (non-hydrogen) atoms. The van der Waals surface area contributed by atoms with Crippen LogP contribution in [0, 0.1) is 0 Å². The van der Waals surface area contributed by atoms with Crippen molar-refractivity contribution in [2.45, 2.75) is 6.92 Å². The first-order valence-electron chi connectivity index (χ1n) is 4.41. The van der Waals surface area contributed by atoms with E-state index in [2.05, 4.69) is 6.58 Å². The molecule has 0 spiro atoms. The lowest BCUT2D eigenvalue weighted by atomic mass is 10.4. The van der Waals surface area contributed by atoms with Crippen LogP contribution in [0.2, 0.25) is 0 Å². The first-order chi connectivity index (χ1) is 6.24. The number of carbonyl (C=O) groups excluding carboxylic acids is 1. The Morgan fingerprint density at radius 1 is 1.43 bits per heavy atom. The summed E-state index contributed by atoms with van der Waals surface area (Å²) in [6.07, 6.45) is 0. The summed E-state index contributed by atoms with van der Waals surface area (Å²) < 4.78 is 16.9. The van der Waals surface area contributed by atoms with Gasteiger partial charge in [-0.1, -0.05) is 6.58 Å². The highest BCUT2D eigenvalue weighted by molar-refractivity contribution is 7.60. The predicted molar refractivity (Wildman–Crippen MR) is 57.7 cm³/mol. The second kappa shape index (κ2) is 5.44. The standard InChI is InChI=1S/C9H19NO3P/c1-8(2)9(11)14(12)13-7-6-10(3,4)5/h14H,1,6-7H2,2-5H3/q+1. The van der Waals surface area contributed by atoms with Gasteiger partial charge in [0.2, 0.25) is 5.52 Å². The number of hydrogen-bond acceptors (Lipinski definition) is 3. The van der Waals surface area contributed by atoms with Crippen LogP contribution >= 0.6 is 8.03 Å². The van der Waals surface area contributed by atoms with Crippen molar-refractivity contribution in [1.82, 2.24) is 0 Å². The Kier molecular flexibility index (Phi) is 5.27. The van der Waals surface area contributed by atoms with E-state index in [0.717, 1.165) is 11.0 Å². The van der Waals surface area contributed by atoms with Gasteiger partial charge in [0.25, 0.3) is 8.03 Å². The number of allylic oxidation sites excluding steroid dienone is 1. The van der Waals surface area contributed by atoms with Gasteiger partial charge < -0.3 is 9.01 Å². The summed E-state index contributed by atoms with van der Waals surface area (Å²) in [5.74, 6) is 0. The monoisotopic (exact) mass is 220 g/mol. The van der Waals surface area contributed by atoms with Gasteiger partial charge >= 0.3 is 0 Å². The maximum Gasteiger partial charge on any atom is 0.260 e. The molecule has 0 heterocycles. The maximum absolute atomic E-state index is 11.2. The van der Waals surface area contributed by atoms with Gasteiger partial charge in [-0.25, -0.2) is 0 Å². The summed E-state index contributed by atoms with van der Waals surface area (Å²) >= 11 is 0. The van der Waals surface area contributed by atoms with Gasteiger partial charge in [0.1, 0.15) is 13.2 Å². The zero-order valence-electron chi connectivity index (χ0n) is 9.29. The largest absolute Gasteiger partial charge is 0.329 e. The van der Waals surface area contributed by atoms with Crippen molar-refractivity contribution in [3.63, 3.8) is 0 Å². The SMILES string of the molecule is C=C(C)C(=O)[PH](=O)OCC[N+](C)(C)C. The Morgan fingerprint density at radius 2 is 1.93 bits per heavy atom. The molecule has 0 rings (SSSR count). The quantitative estimate of drug-likeness (QED) is 0.385. The van der Waals surface area contributed by atoms with E-state index in [4.69, 9.17) is 4.52 Å². The van der Waals surface area contributed by atoms with Crippen LogP contribution in [0.15, 0.2) is 12.2 Å². The third kappa shape index (κ3) is 6.08. The molecule has 0 amide bonds. The molecule has 0 bridgehead atoms. The van der Waals surface area contributed by atoms with Crippen LogP contribution in [0.25, 0.3) is 0 Å². The van der Waals surface area contributed by atoms with E-state index in [9.17, 15) is 9.36 Å². The molecule has 0 aliphatic carbocycles. The first-order valence-corrected chi connectivity index (χ1v) is 5.73. The fourth-order valence-electron chi connectivity index (χ4n) is 0.652. The molecular formula is C9H19NO3P+. The van der Waals surface area contributed by atoms with Crippen molar-refractivity contribution in [3.05, 3.63) is 12.2 Å². The summed E-state index contributed by atoms with van der Waals surface area (Å²) in [5.41, 5.74) is -0.171. The van der Waals surface area contributed by atoms with Gasteiger partial charge in [0, 0.05) is 0 Å². The number of nitrogens with zero attached hydrogens (tertiary/aromatic N) is 1. The zero-order valence-corrected chi connectivity index (χ0v) is 10.3. The number of hydrogen-bond donors (Lipinski definition) is 0.